The van der Waals surface area contributed by atoms with E-state index in [0.717, 1.165) is 72.4 Å². The zero-order valence-electron chi connectivity index (χ0n) is 20.6. The van der Waals surface area contributed by atoms with E-state index in [1.54, 1.807) is 0 Å². The fourth-order valence-electron chi connectivity index (χ4n) is 4.33. The lowest BCUT2D eigenvalue weighted by Crippen LogP contribution is -2.40. The number of piperidine rings is 1. The first kappa shape index (κ1) is 24.9. The minimum Gasteiger partial charge on any atom is -0.490 e. The van der Waals surface area contributed by atoms with Crippen LogP contribution in [0.5, 0.6) is 5.75 Å². The molecule has 4 rings (SSSR count). The molecule has 1 aliphatic heterocycles. The maximum atomic E-state index is 7.80. The molecule has 3 aromatic rings. The molecule has 0 radical (unpaired) electrons. The van der Waals surface area contributed by atoms with E-state index in [1.807, 2.05) is 37.1 Å². The zero-order chi connectivity index (χ0) is 24.8. The van der Waals surface area contributed by atoms with Crippen LogP contribution in [0.3, 0.4) is 0 Å². The Kier molecular flexibility index (Phi) is 8.18. The number of rotatable bonds is 9. The molecule has 6 nitrogen and oxygen atoms in total. The van der Waals surface area contributed by atoms with Crippen LogP contribution in [0.15, 0.2) is 60.7 Å². The molecule has 0 saturated carbocycles. The summed E-state index contributed by atoms with van der Waals surface area (Å²) in [6.07, 6.45) is 3.21. The number of nitrogens with zero attached hydrogens (tertiary/aromatic N) is 2. The highest BCUT2D eigenvalue weighted by molar-refractivity contribution is 8.00. The number of nitrogens with one attached hydrogen (secondary N) is 2. The van der Waals surface area contributed by atoms with Crippen molar-refractivity contribution in [3.8, 4) is 5.75 Å². The van der Waals surface area contributed by atoms with Crippen LogP contribution < -0.4 is 14.8 Å². The van der Waals surface area contributed by atoms with Crippen molar-refractivity contribution in [2.24, 2.45) is 5.73 Å². The summed E-state index contributed by atoms with van der Waals surface area (Å²) in [4.78, 5) is 2.11. The van der Waals surface area contributed by atoms with Crippen molar-refractivity contribution in [3.05, 3.63) is 71.8 Å². The van der Waals surface area contributed by atoms with Crippen LogP contribution >= 0.6 is 11.9 Å². The van der Waals surface area contributed by atoms with Crippen molar-refractivity contribution in [1.82, 2.24) is 4.90 Å². The van der Waals surface area contributed by atoms with Gasteiger partial charge in [0.25, 0.3) is 0 Å². The summed E-state index contributed by atoms with van der Waals surface area (Å²) in [6, 6.07) is 20.9. The summed E-state index contributed by atoms with van der Waals surface area (Å²) in [5.74, 6) is 2.69. The number of nitrogen functional groups attached to an aromatic ring is 1. The molecule has 1 aliphatic rings. The molecule has 0 amide bonds. The molecule has 1 saturated heterocycles. The lowest BCUT2D eigenvalue weighted by molar-refractivity contribution is 0.130. The van der Waals surface area contributed by atoms with E-state index in [2.05, 4.69) is 58.6 Å². The summed E-state index contributed by atoms with van der Waals surface area (Å²) in [7, 11) is 0. The fourth-order valence-corrected chi connectivity index (χ4v) is 5.25. The molecule has 0 aromatic heterocycles. The van der Waals surface area contributed by atoms with Gasteiger partial charge in [-0.3, -0.25) is 10.8 Å². The van der Waals surface area contributed by atoms with Crippen LogP contribution in [0.4, 0.5) is 5.69 Å². The van der Waals surface area contributed by atoms with Gasteiger partial charge in [0.15, 0.2) is 0 Å². The molecule has 1 fully saturated rings. The molecular formula is C28H35N5OS. The first-order valence-corrected chi connectivity index (χ1v) is 13.2. The normalized spacial score (nSPS) is 14.2. The summed E-state index contributed by atoms with van der Waals surface area (Å²) < 4.78 is 8.59. The molecule has 0 unspecified atom stereocenters. The largest absolute Gasteiger partial charge is 0.490 e. The Bertz CT molecular complexity index is 1170. The third-order valence-electron chi connectivity index (χ3n) is 6.34. The molecule has 0 spiro atoms. The third-order valence-corrected chi connectivity index (χ3v) is 7.58. The Morgan fingerprint density at radius 1 is 1.03 bits per heavy atom. The van der Waals surface area contributed by atoms with Crippen molar-refractivity contribution < 1.29 is 4.74 Å². The van der Waals surface area contributed by atoms with Gasteiger partial charge in [0, 0.05) is 42.9 Å². The Morgan fingerprint density at radius 2 is 1.74 bits per heavy atom. The monoisotopic (exact) mass is 489 g/mol. The number of ether oxygens (including phenoxy) is 1. The molecule has 7 heteroatoms. The smallest absolute Gasteiger partial charge is 0.122 e. The number of anilines is 1. The summed E-state index contributed by atoms with van der Waals surface area (Å²) in [6.45, 7) is 6.61. The summed E-state index contributed by atoms with van der Waals surface area (Å²) in [5, 5.41) is 17.8. The van der Waals surface area contributed by atoms with Crippen LogP contribution in [0.2, 0.25) is 0 Å². The van der Waals surface area contributed by atoms with Gasteiger partial charge in [-0.1, -0.05) is 31.2 Å². The minimum absolute atomic E-state index is 0.0927. The highest BCUT2D eigenvalue weighted by atomic mass is 32.2. The average molecular weight is 490 g/mol. The topological polar surface area (TPSA) is 89.4 Å². The highest BCUT2D eigenvalue weighted by Gasteiger charge is 2.21. The minimum atomic E-state index is 0.0927. The Morgan fingerprint density at radius 3 is 2.40 bits per heavy atom. The van der Waals surface area contributed by atoms with Gasteiger partial charge in [0.05, 0.1) is 12.4 Å². The second-order valence-electron chi connectivity index (χ2n) is 9.06. The molecule has 3 aromatic carbocycles. The average Bonchev–Trinajstić information content (AvgIpc) is 2.87. The van der Waals surface area contributed by atoms with E-state index in [4.69, 9.17) is 21.3 Å². The number of fused-ring (bicyclic) bond motifs is 1. The van der Waals surface area contributed by atoms with Crippen molar-refractivity contribution >= 4 is 40.1 Å². The number of hydrogen-bond donors (Lipinski definition) is 3. The lowest BCUT2D eigenvalue weighted by Gasteiger charge is -2.33. The van der Waals surface area contributed by atoms with Crippen molar-refractivity contribution in [2.75, 3.05) is 23.1 Å². The zero-order valence-corrected chi connectivity index (χ0v) is 21.4. The molecule has 0 aliphatic carbocycles. The first-order valence-electron chi connectivity index (χ1n) is 12.3. The standard InChI is InChI=1S/C28H35N5OS/c1-3-16-35-33(19-21-4-5-22-6-7-23(28(30)31)18-24(22)17-21)25-8-10-26(11-9-25)34-27-12-14-32(15-13-27)20(2)29/h4-11,17-18,27,29H,3,12-16,19H2,1-2H3,(H3,30,31). The first-order chi connectivity index (χ1) is 16.9. The predicted molar refractivity (Wildman–Crippen MR) is 149 cm³/mol. The quantitative estimate of drug-likeness (QED) is 0.194. The van der Waals surface area contributed by atoms with Crippen LogP contribution in [0.25, 0.3) is 10.8 Å². The molecular weight excluding hydrogens is 454 g/mol. The number of amidine groups is 2. The van der Waals surface area contributed by atoms with E-state index in [9.17, 15) is 0 Å². The SMILES string of the molecule is CCCSN(Cc1ccc2ccc(C(=N)N)cc2c1)c1ccc(OC2CCN(C(C)=N)CC2)cc1. The van der Waals surface area contributed by atoms with Gasteiger partial charge in [-0.05, 0) is 78.0 Å². The van der Waals surface area contributed by atoms with Gasteiger partial charge < -0.3 is 19.7 Å². The van der Waals surface area contributed by atoms with E-state index in [0.29, 0.717) is 5.84 Å². The number of nitrogens with two attached hydrogens (primary N) is 1. The van der Waals surface area contributed by atoms with Crippen LogP contribution in [-0.4, -0.2) is 41.5 Å². The van der Waals surface area contributed by atoms with Crippen molar-refractivity contribution in [3.63, 3.8) is 0 Å². The van der Waals surface area contributed by atoms with E-state index in [1.165, 1.54) is 5.56 Å². The van der Waals surface area contributed by atoms with Gasteiger partial charge >= 0.3 is 0 Å². The van der Waals surface area contributed by atoms with Gasteiger partial charge in [-0.2, -0.15) is 0 Å². The third kappa shape index (κ3) is 6.48. The number of hydrogen-bond acceptors (Lipinski definition) is 5. The van der Waals surface area contributed by atoms with Gasteiger partial charge in [0.1, 0.15) is 17.7 Å². The highest BCUT2D eigenvalue weighted by Crippen LogP contribution is 2.30. The van der Waals surface area contributed by atoms with Crippen LogP contribution in [0.1, 0.15) is 44.2 Å². The number of likely N-dealkylation sites (tertiary alicyclic amines) is 1. The second kappa shape index (κ2) is 11.5. The summed E-state index contributed by atoms with van der Waals surface area (Å²) in [5.41, 5.74) is 8.82. The van der Waals surface area contributed by atoms with E-state index < -0.39 is 0 Å². The van der Waals surface area contributed by atoms with Crippen LogP contribution in [0, 0.1) is 10.8 Å². The number of benzene rings is 3. The van der Waals surface area contributed by atoms with Gasteiger partial charge in [0.2, 0.25) is 0 Å². The maximum Gasteiger partial charge on any atom is 0.122 e. The second-order valence-corrected chi connectivity index (χ2v) is 10.2. The maximum absolute atomic E-state index is 7.80. The van der Waals surface area contributed by atoms with Gasteiger partial charge in [-0.25, -0.2) is 0 Å². The van der Waals surface area contributed by atoms with Crippen molar-refractivity contribution in [2.45, 2.75) is 45.8 Å². The molecule has 35 heavy (non-hydrogen) atoms. The Balaban J connectivity index is 1.45. The van der Waals surface area contributed by atoms with E-state index >= 15 is 0 Å². The molecule has 184 valence electrons. The molecule has 1 heterocycles. The Labute approximate surface area is 212 Å². The molecule has 0 bridgehead atoms. The van der Waals surface area contributed by atoms with Gasteiger partial charge in [-0.15, -0.1) is 0 Å². The fraction of sp³-hybridized carbons (Fsp3) is 0.357. The summed E-state index contributed by atoms with van der Waals surface area (Å²) >= 11 is 1.84. The van der Waals surface area contributed by atoms with E-state index in [-0.39, 0.29) is 11.9 Å². The molecule has 4 N–H and O–H groups in total. The lowest BCUT2D eigenvalue weighted by atomic mass is 10.0. The predicted octanol–water partition coefficient (Wildman–Crippen LogP) is 6.03. The Hall–Kier alpha value is -3.19. The molecule has 0 atom stereocenters. The van der Waals surface area contributed by atoms with Crippen molar-refractivity contribution in [1.29, 1.82) is 10.8 Å². The van der Waals surface area contributed by atoms with Crippen LogP contribution in [-0.2, 0) is 6.54 Å².